The van der Waals surface area contributed by atoms with E-state index in [0.29, 0.717) is 11.7 Å². The molecular weight excluding hydrogens is 292 g/mol. The standard InChI is InChI=1S/C14H22N2O2S2/c1-10-4-6-16(7-5-10)14(17)9-20(18)8-13-11(2)15-12(3)19-13/h10H,4-9H2,1-3H3/t20-/m0/s1. The number of amides is 1. The molecule has 2 heterocycles. The second-order valence-electron chi connectivity index (χ2n) is 5.53. The third kappa shape index (κ3) is 4.12. The molecule has 0 spiro atoms. The van der Waals surface area contributed by atoms with Gasteiger partial charge in [-0.05, 0) is 32.6 Å². The van der Waals surface area contributed by atoms with Crippen LogP contribution in [0.4, 0.5) is 0 Å². The molecule has 2 rings (SSSR count). The van der Waals surface area contributed by atoms with Crippen LogP contribution in [-0.4, -0.2) is 38.8 Å². The summed E-state index contributed by atoms with van der Waals surface area (Å²) in [6.07, 6.45) is 2.12. The van der Waals surface area contributed by atoms with Gasteiger partial charge in [0.1, 0.15) is 5.75 Å². The van der Waals surface area contributed by atoms with E-state index in [0.717, 1.165) is 41.5 Å². The van der Waals surface area contributed by atoms with E-state index < -0.39 is 10.8 Å². The number of carbonyl (C=O) groups is 1. The summed E-state index contributed by atoms with van der Waals surface area (Å²) in [5.74, 6) is 1.33. The van der Waals surface area contributed by atoms with E-state index in [4.69, 9.17) is 0 Å². The molecule has 1 fully saturated rings. The monoisotopic (exact) mass is 314 g/mol. The summed E-state index contributed by atoms with van der Waals surface area (Å²) >= 11 is 1.58. The lowest BCUT2D eigenvalue weighted by Crippen LogP contribution is -2.40. The second kappa shape index (κ2) is 6.80. The van der Waals surface area contributed by atoms with Crippen LogP contribution < -0.4 is 0 Å². The summed E-state index contributed by atoms with van der Waals surface area (Å²) in [5, 5.41) is 0.992. The van der Waals surface area contributed by atoms with Crippen LogP contribution in [0.2, 0.25) is 0 Å². The van der Waals surface area contributed by atoms with Crippen LogP contribution in [0.15, 0.2) is 0 Å². The predicted octanol–water partition coefficient (Wildman–Crippen LogP) is 2.27. The molecule has 6 heteroatoms. The lowest BCUT2D eigenvalue weighted by atomic mass is 9.99. The molecule has 1 amide bonds. The first-order valence-electron chi connectivity index (χ1n) is 7.01. The maximum atomic E-state index is 12.1. The summed E-state index contributed by atoms with van der Waals surface area (Å²) in [6.45, 7) is 7.73. The molecule has 0 N–H and O–H groups in total. The van der Waals surface area contributed by atoms with E-state index >= 15 is 0 Å². The van der Waals surface area contributed by atoms with Crippen molar-refractivity contribution in [2.24, 2.45) is 5.92 Å². The first-order chi connectivity index (χ1) is 9.45. The van der Waals surface area contributed by atoms with Crippen molar-refractivity contribution in [3.8, 4) is 0 Å². The topological polar surface area (TPSA) is 50.3 Å². The number of hydrogen-bond acceptors (Lipinski definition) is 4. The van der Waals surface area contributed by atoms with Crippen LogP contribution in [0, 0.1) is 19.8 Å². The lowest BCUT2D eigenvalue weighted by Gasteiger charge is -2.30. The fraction of sp³-hybridized carbons (Fsp3) is 0.714. The van der Waals surface area contributed by atoms with Crippen LogP contribution >= 0.6 is 11.3 Å². The van der Waals surface area contributed by atoms with Crippen LogP contribution in [0.5, 0.6) is 0 Å². The highest BCUT2D eigenvalue weighted by Gasteiger charge is 2.22. The van der Waals surface area contributed by atoms with Crippen molar-refractivity contribution in [1.29, 1.82) is 0 Å². The quantitative estimate of drug-likeness (QED) is 0.856. The number of nitrogens with zero attached hydrogens (tertiary/aromatic N) is 2. The SMILES string of the molecule is Cc1nc(C)c(C[S@](=O)CC(=O)N2CCC(C)CC2)s1. The molecular formula is C14H22N2O2S2. The minimum absolute atomic E-state index is 0.0362. The number of hydrogen-bond donors (Lipinski definition) is 0. The van der Waals surface area contributed by atoms with Gasteiger partial charge in [-0.2, -0.15) is 0 Å². The van der Waals surface area contributed by atoms with E-state index in [1.165, 1.54) is 0 Å². The van der Waals surface area contributed by atoms with Crippen molar-refractivity contribution in [3.05, 3.63) is 15.6 Å². The minimum Gasteiger partial charge on any atom is -0.342 e. The van der Waals surface area contributed by atoms with Gasteiger partial charge in [-0.1, -0.05) is 6.92 Å². The zero-order chi connectivity index (χ0) is 14.7. The Bertz CT molecular complexity index is 505. The first kappa shape index (κ1) is 15.6. The van der Waals surface area contributed by atoms with E-state index in [-0.39, 0.29) is 11.7 Å². The molecule has 1 aliphatic heterocycles. The summed E-state index contributed by atoms with van der Waals surface area (Å²) in [5.41, 5.74) is 0.945. The van der Waals surface area contributed by atoms with Crippen molar-refractivity contribution in [1.82, 2.24) is 9.88 Å². The molecule has 0 saturated carbocycles. The molecule has 1 saturated heterocycles. The van der Waals surface area contributed by atoms with E-state index in [1.54, 1.807) is 11.3 Å². The maximum Gasteiger partial charge on any atom is 0.235 e. The van der Waals surface area contributed by atoms with Crippen molar-refractivity contribution in [2.45, 2.75) is 39.4 Å². The van der Waals surface area contributed by atoms with Gasteiger partial charge in [-0.15, -0.1) is 11.3 Å². The molecule has 0 radical (unpaired) electrons. The van der Waals surface area contributed by atoms with Crippen LogP contribution in [-0.2, 0) is 21.3 Å². The summed E-state index contributed by atoms with van der Waals surface area (Å²) in [4.78, 5) is 19.4. The Hall–Kier alpha value is -0.750. The molecule has 0 unspecified atom stereocenters. The van der Waals surface area contributed by atoms with Crippen molar-refractivity contribution in [3.63, 3.8) is 0 Å². The van der Waals surface area contributed by atoms with Gasteiger partial charge in [-0.3, -0.25) is 9.00 Å². The summed E-state index contributed by atoms with van der Waals surface area (Å²) < 4.78 is 12.1. The van der Waals surface area contributed by atoms with E-state index in [1.807, 2.05) is 18.7 Å². The van der Waals surface area contributed by atoms with Crippen molar-refractivity contribution < 1.29 is 9.00 Å². The van der Waals surface area contributed by atoms with Gasteiger partial charge in [0, 0.05) is 28.8 Å². The zero-order valence-corrected chi connectivity index (χ0v) is 14.0. The van der Waals surface area contributed by atoms with Gasteiger partial charge >= 0.3 is 0 Å². The fourth-order valence-corrected chi connectivity index (χ4v) is 4.82. The predicted molar refractivity (Wildman–Crippen MR) is 83.3 cm³/mol. The van der Waals surface area contributed by atoms with Crippen molar-refractivity contribution >= 4 is 28.0 Å². The van der Waals surface area contributed by atoms with Gasteiger partial charge < -0.3 is 4.90 Å². The molecule has 1 atom stereocenters. The van der Waals surface area contributed by atoms with Gasteiger partial charge in [0.2, 0.25) is 5.91 Å². The molecule has 112 valence electrons. The highest BCUT2D eigenvalue weighted by Crippen LogP contribution is 2.20. The third-order valence-corrected chi connectivity index (χ3v) is 6.15. The normalized spacial score (nSPS) is 18.2. The van der Waals surface area contributed by atoms with E-state index in [9.17, 15) is 9.00 Å². The number of rotatable bonds is 4. The molecule has 0 aromatic carbocycles. The van der Waals surface area contributed by atoms with Crippen LogP contribution in [0.1, 0.15) is 35.3 Å². The van der Waals surface area contributed by atoms with Gasteiger partial charge in [0.15, 0.2) is 0 Å². The highest BCUT2D eigenvalue weighted by molar-refractivity contribution is 7.85. The number of piperidine rings is 1. The Morgan fingerprint density at radius 3 is 2.60 bits per heavy atom. The van der Waals surface area contributed by atoms with Crippen molar-refractivity contribution in [2.75, 3.05) is 18.8 Å². The average Bonchev–Trinajstić information content (AvgIpc) is 2.68. The van der Waals surface area contributed by atoms with Gasteiger partial charge in [0.05, 0.1) is 16.5 Å². The summed E-state index contributed by atoms with van der Waals surface area (Å²) in [7, 11) is -1.13. The second-order valence-corrected chi connectivity index (χ2v) is 8.28. The molecule has 1 aliphatic rings. The van der Waals surface area contributed by atoms with Crippen LogP contribution in [0.25, 0.3) is 0 Å². The Balaban J connectivity index is 1.85. The first-order valence-corrected chi connectivity index (χ1v) is 9.32. The van der Waals surface area contributed by atoms with Crippen LogP contribution in [0.3, 0.4) is 0 Å². The summed E-state index contributed by atoms with van der Waals surface area (Å²) in [6, 6.07) is 0. The fourth-order valence-electron chi connectivity index (χ4n) is 2.39. The van der Waals surface area contributed by atoms with E-state index in [2.05, 4.69) is 11.9 Å². The zero-order valence-electron chi connectivity index (χ0n) is 12.3. The minimum atomic E-state index is -1.13. The molecule has 4 nitrogen and oxygen atoms in total. The highest BCUT2D eigenvalue weighted by atomic mass is 32.2. The molecule has 0 bridgehead atoms. The number of aromatic nitrogens is 1. The molecule has 0 aliphatic carbocycles. The lowest BCUT2D eigenvalue weighted by molar-refractivity contribution is -0.129. The largest absolute Gasteiger partial charge is 0.342 e. The smallest absolute Gasteiger partial charge is 0.235 e. The Morgan fingerprint density at radius 2 is 2.05 bits per heavy atom. The Labute approximate surface area is 127 Å². The Kier molecular flexibility index (Phi) is 5.32. The molecule has 20 heavy (non-hydrogen) atoms. The molecule has 1 aromatic rings. The molecule has 1 aromatic heterocycles. The number of aryl methyl sites for hydroxylation is 2. The van der Waals surface area contributed by atoms with Gasteiger partial charge in [-0.25, -0.2) is 4.98 Å². The third-order valence-electron chi connectivity index (χ3n) is 3.71. The maximum absolute atomic E-state index is 12.1. The number of likely N-dealkylation sites (tertiary alicyclic amines) is 1. The number of thiazole rings is 1. The number of carbonyl (C=O) groups excluding carboxylic acids is 1. The Morgan fingerprint density at radius 1 is 1.40 bits per heavy atom. The van der Waals surface area contributed by atoms with Gasteiger partial charge in [0.25, 0.3) is 0 Å². The average molecular weight is 314 g/mol.